The molecule has 0 atom stereocenters. The van der Waals surface area contributed by atoms with Crippen molar-refractivity contribution in [1.82, 2.24) is 19.9 Å². The zero-order valence-electron chi connectivity index (χ0n) is 9.82. The number of nitrogens with one attached hydrogen (secondary N) is 1. The summed E-state index contributed by atoms with van der Waals surface area (Å²) >= 11 is 5.72. The molecule has 2 rings (SSSR count). The molecule has 20 heavy (non-hydrogen) atoms. The number of nitrogen functional groups attached to an aromatic ring is 1. The van der Waals surface area contributed by atoms with Gasteiger partial charge in [0.25, 0.3) is 0 Å². The molecule has 2 heterocycles. The number of pyridine rings is 1. The van der Waals surface area contributed by atoms with Crippen LogP contribution in [0.3, 0.4) is 0 Å². The standard InChI is InChI=1S/C10H8ClF3N6/c11-6-3-1-2-5(17-6)7-18-8(15)20-9(19-7)16-4-10(12,13)14/h1-3H,4H2,(H3,15,16,18,19,20). The summed E-state index contributed by atoms with van der Waals surface area (Å²) in [5.74, 6) is -0.474. The summed E-state index contributed by atoms with van der Waals surface area (Å²) < 4.78 is 36.4. The van der Waals surface area contributed by atoms with Crippen molar-refractivity contribution in [2.75, 3.05) is 17.6 Å². The second-order valence-electron chi connectivity index (χ2n) is 3.66. The summed E-state index contributed by atoms with van der Waals surface area (Å²) in [6.07, 6.45) is -4.39. The lowest BCUT2D eigenvalue weighted by Crippen LogP contribution is -2.22. The minimum Gasteiger partial charge on any atom is -0.368 e. The smallest absolute Gasteiger partial charge is 0.368 e. The van der Waals surface area contributed by atoms with Gasteiger partial charge in [-0.15, -0.1) is 0 Å². The van der Waals surface area contributed by atoms with E-state index in [4.69, 9.17) is 17.3 Å². The normalized spacial score (nSPS) is 11.4. The fourth-order valence-electron chi connectivity index (χ4n) is 1.30. The first-order valence-corrected chi connectivity index (χ1v) is 5.66. The summed E-state index contributed by atoms with van der Waals surface area (Å²) in [5, 5.41) is 2.22. The Morgan fingerprint density at radius 2 is 1.90 bits per heavy atom. The highest BCUT2D eigenvalue weighted by molar-refractivity contribution is 6.29. The molecular formula is C10H8ClF3N6. The maximum atomic E-state index is 12.1. The van der Waals surface area contributed by atoms with Gasteiger partial charge in [0.1, 0.15) is 17.4 Å². The zero-order chi connectivity index (χ0) is 14.8. The van der Waals surface area contributed by atoms with Gasteiger partial charge in [0, 0.05) is 0 Å². The van der Waals surface area contributed by atoms with Crippen molar-refractivity contribution in [3.05, 3.63) is 23.4 Å². The van der Waals surface area contributed by atoms with Crippen molar-refractivity contribution in [2.45, 2.75) is 6.18 Å². The maximum Gasteiger partial charge on any atom is 0.405 e. The molecule has 0 saturated heterocycles. The minimum absolute atomic E-state index is 0.0321. The molecule has 2 aromatic heterocycles. The van der Waals surface area contributed by atoms with E-state index in [1.165, 1.54) is 0 Å². The first kappa shape index (κ1) is 14.3. The Morgan fingerprint density at radius 1 is 1.15 bits per heavy atom. The third kappa shape index (κ3) is 3.92. The lowest BCUT2D eigenvalue weighted by Gasteiger charge is -2.09. The highest BCUT2D eigenvalue weighted by Gasteiger charge is 2.27. The third-order valence-corrected chi connectivity index (χ3v) is 2.25. The lowest BCUT2D eigenvalue weighted by molar-refractivity contribution is -0.115. The number of hydrogen-bond donors (Lipinski definition) is 2. The van der Waals surface area contributed by atoms with E-state index >= 15 is 0 Å². The average Bonchev–Trinajstić information content (AvgIpc) is 2.35. The second kappa shape index (κ2) is 5.45. The summed E-state index contributed by atoms with van der Waals surface area (Å²) in [6, 6.07) is 4.69. The fourth-order valence-corrected chi connectivity index (χ4v) is 1.46. The van der Waals surface area contributed by atoms with Gasteiger partial charge in [0.05, 0.1) is 0 Å². The topological polar surface area (TPSA) is 89.6 Å². The summed E-state index contributed by atoms with van der Waals surface area (Å²) in [5.41, 5.74) is 5.71. The lowest BCUT2D eigenvalue weighted by atomic mass is 10.3. The Balaban J connectivity index is 2.29. The molecule has 2 aromatic rings. The number of anilines is 2. The number of aromatic nitrogens is 4. The Bertz CT molecular complexity index is 618. The SMILES string of the molecule is Nc1nc(NCC(F)(F)F)nc(-c2cccc(Cl)n2)n1. The molecule has 0 bridgehead atoms. The number of rotatable bonds is 3. The quantitative estimate of drug-likeness (QED) is 0.844. The monoisotopic (exact) mass is 304 g/mol. The molecule has 106 valence electrons. The largest absolute Gasteiger partial charge is 0.405 e. The summed E-state index contributed by atoms with van der Waals surface area (Å²) in [4.78, 5) is 15.1. The van der Waals surface area contributed by atoms with Gasteiger partial charge in [0.15, 0.2) is 5.82 Å². The highest BCUT2D eigenvalue weighted by atomic mass is 35.5. The van der Waals surface area contributed by atoms with E-state index in [9.17, 15) is 13.2 Å². The van der Waals surface area contributed by atoms with Crippen LogP contribution in [0.15, 0.2) is 18.2 Å². The van der Waals surface area contributed by atoms with Crippen molar-refractivity contribution in [2.24, 2.45) is 0 Å². The van der Waals surface area contributed by atoms with Crippen LogP contribution in [0.4, 0.5) is 25.1 Å². The molecule has 0 spiro atoms. The van der Waals surface area contributed by atoms with Crippen LogP contribution >= 0.6 is 11.6 Å². The first-order valence-electron chi connectivity index (χ1n) is 5.28. The van der Waals surface area contributed by atoms with Gasteiger partial charge in [-0.1, -0.05) is 17.7 Å². The van der Waals surface area contributed by atoms with E-state index < -0.39 is 12.7 Å². The van der Waals surface area contributed by atoms with Gasteiger partial charge in [-0.05, 0) is 12.1 Å². The Hall–Kier alpha value is -2.16. The van der Waals surface area contributed by atoms with Gasteiger partial charge in [-0.2, -0.15) is 28.1 Å². The van der Waals surface area contributed by atoms with Crippen LogP contribution in [0, 0.1) is 0 Å². The van der Waals surface area contributed by atoms with Gasteiger partial charge in [-0.25, -0.2) is 4.98 Å². The van der Waals surface area contributed by atoms with Crippen molar-refractivity contribution in [1.29, 1.82) is 0 Å². The fraction of sp³-hybridized carbons (Fsp3) is 0.200. The Morgan fingerprint density at radius 3 is 2.55 bits per heavy atom. The Labute approximate surface area is 116 Å². The molecule has 0 radical (unpaired) electrons. The van der Waals surface area contributed by atoms with Crippen molar-refractivity contribution >= 4 is 23.5 Å². The van der Waals surface area contributed by atoms with Crippen LogP contribution in [-0.4, -0.2) is 32.7 Å². The zero-order valence-corrected chi connectivity index (χ0v) is 10.6. The van der Waals surface area contributed by atoms with Crippen LogP contribution < -0.4 is 11.1 Å². The average molecular weight is 305 g/mol. The Kier molecular flexibility index (Phi) is 3.89. The van der Waals surface area contributed by atoms with Crippen molar-refractivity contribution < 1.29 is 13.2 Å². The number of hydrogen-bond acceptors (Lipinski definition) is 6. The molecule has 0 unspecified atom stereocenters. The number of nitrogens with two attached hydrogens (primary N) is 1. The molecule has 0 amide bonds. The highest BCUT2D eigenvalue weighted by Crippen LogP contribution is 2.18. The number of nitrogens with zero attached hydrogens (tertiary/aromatic N) is 4. The number of alkyl halides is 3. The molecule has 0 aromatic carbocycles. The molecule has 0 saturated carbocycles. The molecule has 0 aliphatic rings. The third-order valence-electron chi connectivity index (χ3n) is 2.04. The molecular weight excluding hydrogens is 297 g/mol. The van der Waals surface area contributed by atoms with Crippen LogP contribution in [-0.2, 0) is 0 Å². The van der Waals surface area contributed by atoms with Crippen LogP contribution in [0.1, 0.15) is 0 Å². The molecule has 10 heteroatoms. The van der Waals surface area contributed by atoms with E-state index in [1.807, 2.05) is 5.32 Å². The van der Waals surface area contributed by atoms with Crippen LogP contribution in [0.5, 0.6) is 0 Å². The van der Waals surface area contributed by atoms with Crippen LogP contribution in [0.2, 0.25) is 5.15 Å². The van der Waals surface area contributed by atoms with Gasteiger partial charge < -0.3 is 11.1 Å². The van der Waals surface area contributed by atoms with Gasteiger partial charge in [0.2, 0.25) is 11.9 Å². The van der Waals surface area contributed by atoms with Crippen molar-refractivity contribution in [3.63, 3.8) is 0 Å². The van der Waals surface area contributed by atoms with E-state index in [0.717, 1.165) is 0 Å². The molecule has 0 fully saturated rings. The number of halogens is 4. The van der Waals surface area contributed by atoms with Gasteiger partial charge in [-0.3, -0.25) is 0 Å². The second-order valence-corrected chi connectivity index (χ2v) is 4.04. The maximum absolute atomic E-state index is 12.1. The summed E-state index contributed by atoms with van der Waals surface area (Å²) in [7, 11) is 0. The predicted molar refractivity (Wildman–Crippen MR) is 67.0 cm³/mol. The van der Waals surface area contributed by atoms with E-state index in [0.29, 0.717) is 0 Å². The predicted octanol–water partition coefficient (Wildman–Crippen LogP) is 2.14. The first-order chi connectivity index (χ1) is 9.33. The van der Waals surface area contributed by atoms with Crippen molar-refractivity contribution in [3.8, 4) is 11.5 Å². The molecule has 0 aliphatic carbocycles. The van der Waals surface area contributed by atoms with Crippen LogP contribution in [0.25, 0.3) is 11.5 Å². The molecule has 0 aliphatic heterocycles. The minimum atomic E-state index is -4.39. The van der Waals surface area contributed by atoms with E-state index in [-0.39, 0.29) is 28.6 Å². The van der Waals surface area contributed by atoms with Gasteiger partial charge >= 0.3 is 6.18 Å². The summed E-state index contributed by atoms with van der Waals surface area (Å²) in [6.45, 7) is -1.28. The van der Waals surface area contributed by atoms with E-state index in [2.05, 4.69) is 19.9 Å². The van der Waals surface area contributed by atoms with E-state index in [1.54, 1.807) is 18.2 Å². The molecule has 6 nitrogen and oxygen atoms in total. The molecule has 3 N–H and O–H groups in total.